The van der Waals surface area contributed by atoms with Gasteiger partial charge < -0.3 is 9.84 Å². The number of benzene rings is 4. The van der Waals surface area contributed by atoms with E-state index in [0.29, 0.717) is 0 Å². The molecule has 0 fully saturated rings. The molecular formula is C33H36N2O8S2. The van der Waals surface area contributed by atoms with Crippen molar-refractivity contribution < 1.29 is 36.3 Å². The number of carboxylic acids is 1. The standard InChI is InChI=1S/C17H19NO4S.C16H17NO4S/c1-13-8-10-15(11-9-13)23(20,21)18-16(17(19)22-2)12-14-6-4-3-5-7-14;1-12-7-9-14(10-8-12)22(20,21)17-15(16(18)19)11-13-5-3-2-4-6-13/h3-11,16,18H,12H2,1-2H3;2-10,15,17H,11H2,1H3,(H,18,19)/t16-;15-/m00/s1. The first-order chi connectivity index (χ1) is 21.3. The van der Waals surface area contributed by atoms with E-state index in [9.17, 15) is 31.5 Å². The Labute approximate surface area is 264 Å². The van der Waals surface area contributed by atoms with Crippen molar-refractivity contribution in [2.24, 2.45) is 0 Å². The number of hydrogen-bond acceptors (Lipinski definition) is 7. The van der Waals surface area contributed by atoms with Gasteiger partial charge in [0.1, 0.15) is 12.1 Å². The van der Waals surface area contributed by atoms with Crippen LogP contribution in [-0.2, 0) is 47.2 Å². The molecule has 2 atom stereocenters. The molecule has 3 N–H and O–H groups in total. The number of carboxylic acid groups (broad SMARTS) is 1. The van der Waals surface area contributed by atoms with Crippen molar-refractivity contribution in [3.05, 3.63) is 131 Å². The van der Waals surface area contributed by atoms with Gasteiger partial charge in [0.05, 0.1) is 16.9 Å². The first-order valence-electron chi connectivity index (χ1n) is 13.9. The summed E-state index contributed by atoms with van der Waals surface area (Å²) in [5, 5.41) is 9.26. The van der Waals surface area contributed by atoms with Crippen molar-refractivity contribution in [2.45, 2.75) is 48.6 Å². The lowest BCUT2D eigenvalue weighted by molar-refractivity contribution is -0.142. The maximum absolute atomic E-state index is 12.4. The third-order valence-corrected chi connectivity index (χ3v) is 9.58. The van der Waals surface area contributed by atoms with E-state index in [1.165, 1.54) is 31.4 Å². The van der Waals surface area contributed by atoms with Gasteiger partial charge >= 0.3 is 11.9 Å². The maximum atomic E-state index is 12.4. The smallest absolute Gasteiger partial charge is 0.324 e. The van der Waals surface area contributed by atoms with Crippen LogP contribution in [0.4, 0.5) is 0 Å². The molecule has 0 radical (unpaired) electrons. The van der Waals surface area contributed by atoms with Crippen molar-refractivity contribution in [2.75, 3.05) is 7.11 Å². The van der Waals surface area contributed by atoms with Crippen molar-refractivity contribution >= 4 is 32.0 Å². The molecule has 12 heteroatoms. The van der Waals surface area contributed by atoms with Crippen LogP contribution in [-0.4, -0.2) is 53.1 Å². The number of hydrogen-bond donors (Lipinski definition) is 3. The number of rotatable bonds is 12. The minimum absolute atomic E-state index is 0.0532. The topological polar surface area (TPSA) is 156 Å². The molecule has 0 amide bonds. The van der Waals surface area contributed by atoms with Crippen LogP contribution in [0.2, 0.25) is 0 Å². The van der Waals surface area contributed by atoms with Crippen LogP contribution in [0, 0.1) is 13.8 Å². The van der Waals surface area contributed by atoms with Gasteiger partial charge in [0.2, 0.25) is 20.0 Å². The van der Waals surface area contributed by atoms with Crippen molar-refractivity contribution in [1.82, 2.24) is 9.44 Å². The van der Waals surface area contributed by atoms with Crippen LogP contribution in [0.25, 0.3) is 0 Å². The Balaban J connectivity index is 0.000000246. The fraction of sp³-hybridized carbons (Fsp3) is 0.212. The summed E-state index contributed by atoms with van der Waals surface area (Å²) in [4.78, 5) is 23.4. The molecule has 45 heavy (non-hydrogen) atoms. The van der Waals surface area contributed by atoms with Crippen LogP contribution in [0.5, 0.6) is 0 Å². The van der Waals surface area contributed by atoms with E-state index >= 15 is 0 Å². The molecule has 0 spiro atoms. The minimum atomic E-state index is -3.87. The molecule has 0 aliphatic carbocycles. The Morgan fingerprint density at radius 2 is 0.978 bits per heavy atom. The number of esters is 1. The molecule has 0 unspecified atom stereocenters. The number of carbonyl (C=O) groups excluding carboxylic acids is 1. The molecular weight excluding hydrogens is 617 g/mol. The number of methoxy groups -OCH3 is 1. The molecule has 0 heterocycles. The van der Waals surface area contributed by atoms with Crippen LogP contribution >= 0.6 is 0 Å². The molecule has 238 valence electrons. The Bertz CT molecular complexity index is 1760. The second-order valence-corrected chi connectivity index (χ2v) is 13.6. The van der Waals surface area contributed by atoms with Gasteiger partial charge in [0.15, 0.2) is 0 Å². The van der Waals surface area contributed by atoms with Gasteiger partial charge in [-0.25, -0.2) is 16.8 Å². The lowest BCUT2D eigenvalue weighted by Gasteiger charge is -2.17. The van der Waals surface area contributed by atoms with Crippen LogP contribution in [0.1, 0.15) is 22.3 Å². The molecule has 0 aromatic heterocycles. The van der Waals surface area contributed by atoms with Gasteiger partial charge in [0, 0.05) is 0 Å². The van der Waals surface area contributed by atoms with Crippen LogP contribution in [0.3, 0.4) is 0 Å². The fourth-order valence-corrected chi connectivity index (χ4v) is 6.51. The largest absolute Gasteiger partial charge is 0.480 e. The number of nitrogens with one attached hydrogen (secondary N) is 2. The number of aliphatic carboxylic acids is 1. The van der Waals surface area contributed by atoms with E-state index in [-0.39, 0.29) is 22.6 Å². The Kier molecular flexibility index (Phi) is 12.6. The van der Waals surface area contributed by atoms with Crippen LogP contribution in [0.15, 0.2) is 119 Å². The highest BCUT2D eigenvalue weighted by atomic mass is 32.2. The highest BCUT2D eigenvalue weighted by molar-refractivity contribution is 7.89. The van der Waals surface area contributed by atoms with E-state index in [4.69, 9.17) is 4.74 Å². The Morgan fingerprint density at radius 3 is 1.33 bits per heavy atom. The van der Waals surface area contributed by atoms with Gasteiger partial charge in [-0.3, -0.25) is 9.59 Å². The van der Waals surface area contributed by atoms with Gasteiger partial charge in [0.25, 0.3) is 0 Å². The third-order valence-electron chi connectivity index (χ3n) is 6.61. The Hall–Kier alpha value is -4.36. The van der Waals surface area contributed by atoms with E-state index in [1.807, 2.05) is 50.2 Å². The number of sulfonamides is 2. The molecule has 4 aromatic rings. The molecule has 0 saturated heterocycles. The molecule has 0 aliphatic heterocycles. The van der Waals surface area contributed by atoms with E-state index in [2.05, 4.69) is 9.44 Å². The highest BCUT2D eigenvalue weighted by Gasteiger charge is 2.27. The quantitative estimate of drug-likeness (QED) is 0.194. The SMILES string of the molecule is COC(=O)[C@H](Cc1ccccc1)NS(=O)(=O)c1ccc(C)cc1.Cc1ccc(S(=O)(=O)N[C@@H](Cc2ccccc2)C(=O)O)cc1. The lowest BCUT2D eigenvalue weighted by Crippen LogP contribution is -2.42. The second-order valence-electron chi connectivity index (χ2n) is 10.2. The van der Waals surface area contributed by atoms with E-state index in [0.717, 1.165) is 22.3 Å². The summed E-state index contributed by atoms with van der Waals surface area (Å²) in [7, 11) is -6.44. The van der Waals surface area contributed by atoms with E-state index in [1.54, 1.807) is 48.5 Å². The summed E-state index contributed by atoms with van der Waals surface area (Å²) >= 11 is 0. The number of carbonyl (C=O) groups is 2. The summed E-state index contributed by atoms with van der Waals surface area (Å²) in [6.07, 6.45) is 0.305. The molecule has 4 rings (SSSR count). The predicted octanol–water partition coefficient (Wildman–Crippen LogP) is 4.03. The summed E-state index contributed by atoms with van der Waals surface area (Å²) in [5.41, 5.74) is 3.48. The van der Waals surface area contributed by atoms with Crippen LogP contribution < -0.4 is 9.44 Å². The lowest BCUT2D eigenvalue weighted by atomic mass is 10.1. The maximum Gasteiger partial charge on any atom is 0.324 e. The molecule has 0 saturated carbocycles. The third kappa shape index (κ3) is 10.9. The summed E-state index contributed by atoms with van der Waals surface area (Å²) in [6, 6.07) is 28.6. The Morgan fingerprint density at radius 1 is 0.622 bits per heavy atom. The predicted molar refractivity (Wildman–Crippen MR) is 171 cm³/mol. The molecule has 10 nitrogen and oxygen atoms in total. The van der Waals surface area contributed by atoms with Gasteiger partial charge in [-0.2, -0.15) is 9.44 Å². The number of aryl methyl sites for hydroxylation is 2. The summed E-state index contributed by atoms with van der Waals surface area (Å²) in [6.45, 7) is 3.72. The highest BCUT2D eigenvalue weighted by Crippen LogP contribution is 2.14. The van der Waals surface area contributed by atoms with Crippen molar-refractivity contribution in [3.8, 4) is 0 Å². The molecule has 0 bridgehead atoms. The zero-order valence-corrected chi connectivity index (χ0v) is 26.7. The second kappa shape index (κ2) is 16.1. The first kappa shape index (κ1) is 35.1. The molecule has 4 aromatic carbocycles. The monoisotopic (exact) mass is 652 g/mol. The normalized spacial score (nSPS) is 12.7. The summed E-state index contributed by atoms with van der Waals surface area (Å²) in [5.74, 6) is -1.83. The van der Waals surface area contributed by atoms with Gasteiger partial charge in [-0.1, -0.05) is 96.1 Å². The first-order valence-corrected chi connectivity index (χ1v) is 16.8. The average molecular weight is 653 g/mol. The molecule has 0 aliphatic rings. The van der Waals surface area contributed by atoms with E-state index < -0.39 is 44.1 Å². The van der Waals surface area contributed by atoms with Crippen molar-refractivity contribution in [3.63, 3.8) is 0 Å². The average Bonchev–Trinajstić information content (AvgIpc) is 3.01. The zero-order valence-electron chi connectivity index (χ0n) is 25.1. The van der Waals surface area contributed by atoms with Gasteiger partial charge in [-0.05, 0) is 62.1 Å². The van der Waals surface area contributed by atoms with Crippen molar-refractivity contribution in [1.29, 1.82) is 0 Å². The zero-order chi connectivity index (χ0) is 33.0. The number of ether oxygens (including phenoxy) is 1. The summed E-state index contributed by atoms with van der Waals surface area (Å²) < 4.78 is 58.8. The fourth-order valence-electron chi connectivity index (χ4n) is 4.14. The van der Waals surface area contributed by atoms with Gasteiger partial charge in [-0.15, -0.1) is 0 Å². The minimum Gasteiger partial charge on any atom is -0.480 e.